The number of imidazole rings is 1. The fraction of sp³-hybridized carbons (Fsp3) is 0.625. The summed E-state index contributed by atoms with van der Waals surface area (Å²) in [7, 11) is -1.000. The maximum Gasteiger partial charge on any atom is 0.278 e. The third kappa shape index (κ3) is 8.09. The lowest BCUT2D eigenvalue weighted by Crippen LogP contribution is -2.47. The number of piperazine rings is 1. The van der Waals surface area contributed by atoms with Crippen LogP contribution in [0.2, 0.25) is 0 Å². The van der Waals surface area contributed by atoms with Crippen LogP contribution in [0.3, 0.4) is 0 Å². The van der Waals surface area contributed by atoms with Crippen LogP contribution in [0, 0.1) is 0 Å². The van der Waals surface area contributed by atoms with Crippen molar-refractivity contribution in [3.05, 3.63) is 35.3 Å². The zero-order valence-corrected chi connectivity index (χ0v) is 23.4. The van der Waals surface area contributed by atoms with Crippen molar-refractivity contribution < 1.29 is 17.4 Å². The second kappa shape index (κ2) is 13.3. The Hall–Kier alpha value is -1.80. The molecule has 8 nitrogen and oxygen atoms in total. The Morgan fingerprint density at radius 2 is 1.95 bits per heavy atom. The van der Waals surface area contributed by atoms with E-state index in [1.807, 2.05) is 28.9 Å². The molecule has 1 aliphatic heterocycles. The molecule has 206 valence electrons. The van der Waals surface area contributed by atoms with E-state index in [0.29, 0.717) is 31.2 Å². The van der Waals surface area contributed by atoms with Crippen molar-refractivity contribution in [1.29, 1.82) is 0 Å². The Labute approximate surface area is 223 Å². The van der Waals surface area contributed by atoms with Crippen molar-refractivity contribution in [2.24, 2.45) is 10.2 Å². The molecule has 1 saturated heterocycles. The molecule has 13 heteroatoms. The smallest absolute Gasteiger partial charge is 0.278 e. The van der Waals surface area contributed by atoms with Gasteiger partial charge in [0.1, 0.15) is 18.1 Å². The predicted molar refractivity (Wildman–Crippen MR) is 147 cm³/mol. The van der Waals surface area contributed by atoms with E-state index >= 15 is 0 Å². The average Bonchev–Trinajstić information content (AvgIpc) is 3.58. The summed E-state index contributed by atoms with van der Waals surface area (Å²) >= 11 is 1.30. The second-order valence-corrected chi connectivity index (χ2v) is 12.4. The van der Waals surface area contributed by atoms with Crippen molar-refractivity contribution >= 4 is 40.6 Å². The van der Waals surface area contributed by atoms with Gasteiger partial charge in [-0.3, -0.25) is 9.62 Å². The minimum atomic E-state index is -2.68. The Kier molecular flexibility index (Phi) is 10.7. The molecule has 1 atom stereocenters. The maximum atomic E-state index is 13.3. The molecule has 0 bridgehead atoms. The molecule has 2 fully saturated rings. The van der Waals surface area contributed by atoms with E-state index < -0.39 is 29.6 Å². The predicted octanol–water partition coefficient (Wildman–Crippen LogP) is 4.25. The number of nitrogens with one attached hydrogen (secondary N) is 1. The molecule has 1 aromatic heterocycles. The van der Waals surface area contributed by atoms with Crippen LogP contribution in [0.25, 0.3) is 6.20 Å². The summed E-state index contributed by atoms with van der Waals surface area (Å²) < 4.78 is 58.6. The fourth-order valence-electron chi connectivity index (χ4n) is 3.59. The quantitative estimate of drug-likeness (QED) is 0.169. The molecule has 1 aliphatic carbocycles. The Balaban J connectivity index is 1.84. The molecule has 1 unspecified atom stereocenters. The van der Waals surface area contributed by atoms with E-state index in [1.54, 1.807) is 19.2 Å². The van der Waals surface area contributed by atoms with Crippen LogP contribution in [0.4, 0.5) is 13.2 Å². The van der Waals surface area contributed by atoms with E-state index in [2.05, 4.69) is 31.4 Å². The third-order valence-electron chi connectivity index (χ3n) is 6.20. The normalized spacial score (nSPS) is 20.6. The maximum absolute atomic E-state index is 13.3. The van der Waals surface area contributed by atoms with Crippen LogP contribution in [0.15, 0.2) is 34.0 Å². The Bertz CT molecular complexity index is 1060. The summed E-state index contributed by atoms with van der Waals surface area (Å²) in [6.07, 6.45) is 4.12. The van der Waals surface area contributed by atoms with Gasteiger partial charge in [0.05, 0.1) is 28.4 Å². The molecule has 0 amide bonds. The van der Waals surface area contributed by atoms with Gasteiger partial charge in [0.2, 0.25) is 0 Å². The summed E-state index contributed by atoms with van der Waals surface area (Å²) in [5.41, 5.74) is 0.382. The summed E-state index contributed by atoms with van der Waals surface area (Å²) in [5, 5.41) is 7.71. The number of aromatic nitrogens is 2. The van der Waals surface area contributed by atoms with Gasteiger partial charge in [0.25, 0.3) is 6.43 Å². The van der Waals surface area contributed by atoms with Crippen LogP contribution in [0.1, 0.15) is 52.1 Å². The molecule has 3 rings (SSSR count). The van der Waals surface area contributed by atoms with Crippen molar-refractivity contribution in [3.63, 3.8) is 0 Å². The van der Waals surface area contributed by atoms with Gasteiger partial charge >= 0.3 is 0 Å². The lowest BCUT2D eigenvalue weighted by Gasteiger charge is -2.34. The van der Waals surface area contributed by atoms with Crippen molar-refractivity contribution in [1.82, 2.24) is 23.5 Å². The average molecular weight is 560 g/mol. The van der Waals surface area contributed by atoms with Crippen LogP contribution >= 0.6 is 11.9 Å². The van der Waals surface area contributed by atoms with E-state index in [0.717, 1.165) is 36.5 Å². The van der Waals surface area contributed by atoms with E-state index in [9.17, 15) is 17.4 Å². The number of rotatable bonds is 13. The molecule has 1 saturated carbocycles. The van der Waals surface area contributed by atoms with Gasteiger partial charge in [-0.15, -0.1) is 0 Å². The summed E-state index contributed by atoms with van der Waals surface area (Å²) in [6, 6.07) is 0. The zero-order chi connectivity index (χ0) is 27.2. The Morgan fingerprint density at radius 1 is 1.27 bits per heavy atom. The molecular formula is C24H36F3N7OS2. The van der Waals surface area contributed by atoms with Crippen molar-refractivity contribution in [2.45, 2.75) is 64.3 Å². The van der Waals surface area contributed by atoms with Crippen LogP contribution in [0.5, 0.6) is 0 Å². The second-order valence-electron chi connectivity index (χ2n) is 9.55. The lowest BCUT2D eigenvalue weighted by atomic mass is 10.3. The zero-order valence-electron chi connectivity index (χ0n) is 21.8. The number of hydrogen-bond donors (Lipinski definition) is 1. The van der Waals surface area contributed by atoms with Gasteiger partial charge < -0.3 is 4.57 Å². The lowest BCUT2D eigenvalue weighted by molar-refractivity contribution is 0.183. The minimum absolute atomic E-state index is 0.0786. The first-order valence-corrected chi connectivity index (χ1v) is 14.2. The summed E-state index contributed by atoms with van der Waals surface area (Å²) in [6.45, 7) is 13.7. The number of hydrogen-bond acceptors (Lipinski definition) is 7. The highest BCUT2D eigenvalue weighted by Crippen LogP contribution is 2.38. The molecule has 0 aromatic carbocycles. The molecule has 1 N–H and O–H groups in total. The van der Waals surface area contributed by atoms with Gasteiger partial charge in [-0.25, -0.2) is 26.7 Å². The van der Waals surface area contributed by atoms with E-state index in [4.69, 9.17) is 0 Å². The standard InChI is InChI=1S/C24H36F3N7OS2/c1-6-21(36-31-24(16-25)7-8-24)15-34-20(13-28-23(34)19(5)30-29-18(4)22(26)27)14-32-9-11-33(12-10-32)37(35)17(2)3/h6,13,15,17,22,31H,1,7-12,14,16H2,2-5H3/b21-15+,29-18+,30-19+. The van der Waals surface area contributed by atoms with Crippen LogP contribution in [-0.2, 0) is 17.5 Å². The van der Waals surface area contributed by atoms with Crippen molar-refractivity contribution in [3.8, 4) is 0 Å². The molecule has 37 heavy (non-hydrogen) atoms. The van der Waals surface area contributed by atoms with Crippen molar-refractivity contribution in [2.75, 3.05) is 32.9 Å². The number of allylic oxidation sites excluding steroid dienone is 1. The van der Waals surface area contributed by atoms with Crippen LogP contribution < -0.4 is 4.72 Å². The summed E-state index contributed by atoms with van der Waals surface area (Å²) in [5.74, 6) is 0.465. The topological polar surface area (TPSA) is 78.1 Å². The first-order chi connectivity index (χ1) is 17.6. The van der Waals surface area contributed by atoms with Gasteiger partial charge in [-0.1, -0.05) is 12.7 Å². The molecule has 0 spiro atoms. The molecule has 0 radical (unpaired) electrons. The largest absolute Gasteiger partial charge is 0.300 e. The monoisotopic (exact) mass is 559 g/mol. The van der Waals surface area contributed by atoms with E-state index in [1.165, 1.54) is 18.9 Å². The van der Waals surface area contributed by atoms with Gasteiger partial charge in [-0.2, -0.15) is 10.2 Å². The van der Waals surface area contributed by atoms with Gasteiger partial charge in [0.15, 0.2) is 5.82 Å². The van der Waals surface area contributed by atoms with Gasteiger partial charge in [0, 0.05) is 49.1 Å². The summed E-state index contributed by atoms with van der Waals surface area (Å²) in [4.78, 5) is 7.52. The number of alkyl halides is 3. The van der Waals surface area contributed by atoms with E-state index in [-0.39, 0.29) is 11.0 Å². The fourth-order valence-corrected chi connectivity index (χ4v) is 5.54. The highest BCUT2D eigenvalue weighted by Gasteiger charge is 2.43. The molecule has 2 aliphatic rings. The van der Waals surface area contributed by atoms with Gasteiger partial charge in [-0.05, 0) is 52.5 Å². The highest BCUT2D eigenvalue weighted by molar-refractivity contribution is 8.01. The first-order valence-electron chi connectivity index (χ1n) is 12.2. The SMILES string of the molecule is C=C/C(=C\n1c(CN2CCN(S(=O)C(C)C)CC2)cnc1/C(C)=N/N=C(\C)C(F)F)SNC1(CF)CC1. The minimum Gasteiger partial charge on any atom is -0.300 e. The molecule has 2 heterocycles. The number of halogens is 3. The molecule has 1 aromatic rings. The first kappa shape index (κ1) is 29.8. The molecular weight excluding hydrogens is 523 g/mol. The Morgan fingerprint density at radius 3 is 2.49 bits per heavy atom. The number of nitrogens with zero attached hydrogens (tertiary/aromatic N) is 6. The highest BCUT2D eigenvalue weighted by atomic mass is 32.2. The van der Waals surface area contributed by atoms with Crippen LogP contribution in [-0.4, -0.2) is 84.5 Å². The third-order valence-corrected chi connectivity index (χ3v) is 8.92.